The molecular weight excluding hydrogens is 238 g/mol. The van der Waals surface area contributed by atoms with Crippen LogP contribution in [-0.2, 0) is 4.74 Å². The zero-order valence-corrected chi connectivity index (χ0v) is 9.93. The molecule has 1 heterocycles. The SMILES string of the molecule is C[C@@H]1O[C@@H](Oc2ccc(N)cc2)[C@H](O)[C@H](O)[C@H]1O. The minimum atomic E-state index is -1.31. The zero-order chi connectivity index (χ0) is 13.3. The molecule has 0 unspecified atom stereocenters. The van der Waals surface area contributed by atoms with E-state index in [0.29, 0.717) is 11.4 Å². The van der Waals surface area contributed by atoms with Gasteiger partial charge < -0.3 is 30.5 Å². The molecule has 1 saturated heterocycles. The van der Waals surface area contributed by atoms with E-state index in [0.717, 1.165) is 0 Å². The van der Waals surface area contributed by atoms with Crippen LogP contribution in [0.2, 0.25) is 0 Å². The number of nitrogens with two attached hydrogens (primary N) is 1. The predicted molar refractivity (Wildman–Crippen MR) is 63.8 cm³/mol. The third kappa shape index (κ3) is 2.56. The average molecular weight is 255 g/mol. The van der Waals surface area contributed by atoms with Crippen molar-refractivity contribution in [3.05, 3.63) is 24.3 Å². The summed E-state index contributed by atoms with van der Waals surface area (Å²) in [5, 5.41) is 28.9. The molecule has 1 aromatic rings. The van der Waals surface area contributed by atoms with E-state index in [9.17, 15) is 15.3 Å². The highest BCUT2D eigenvalue weighted by Gasteiger charge is 2.43. The molecule has 5 N–H and O–H groups in total. The van der Waals surface area contributed by atoms with Gasteiger partial charge in [-0.3, -0.25) is 0 Å². The lowest BCUT2D eigenvalue weighted by Crippen LogP contribution is -2.58. The van der Waals surface area contributed by atoms with E-state index < -0.39 is 30.7 Å². The molecule has 1 aliphatic rings. The summed E-state index contributed by atoms with van der Waals surface area (Å²) in [6.45, 7) is 1.60. The fourth-order valence-corrected chi connectivity index (χ4v) is 1.79. The highest BCUT2D eigenvalue weighted by Crippen LogP contribution is 2.24. The van der Waals surface area contributed by atoms with Gasteiger partial charge in [0, 0.05) is 5.69 Å². The molecule has 0 aliphatic carbocycles. The number of ether oxygens (including phenoxy) is 2. The minimum absolute atomic E-state index is 0.462. The smallest absolute Gasteiger partial charge is 0.229 e. The Kier molecular flexibility index (Phi) is 3.72. The lowest BCUT2D eigenvalue weighted by atomic mass is 10.00. The summed E-state index contributed by atoms with van der Waals surface area (Å²) in [6.07, 6.45) is -5.39. The molecule has 1 fully saturated rings. The Morgan fingerprint density at radius 2 is 1.67 bits per heavy atom. The van der Waals surface area contributed by atoms with E-state index in [2.05, 4.69) is 0 Å². The van der Waals surface area contributed by atoms with Crippen molar-refractivity contribution in [1.29, 1.82) is 0 Å². The Morgan fingerprint density at radius 1 is 1.06 bits per heavy atom. The van der Waals surface area contributed by atoms with Gasteiger partial charge in [-0.15, -0.1) is 0 Å². The van der Waals surface area contributed by atoms with Crippen LogP contribution in [0, 0.1) is 0 Å². The predicted octanol–water partition coefficient (Wildman–Crippen LogP) is -0.525. The second-order valence-corrected chi connectivity index (χ2v) is 4.37. The fourth-order valence-electron chi connectivity index (χ4n) is 1.79. The Labute approximate surface area is 105 Å². The summed E-state index contributed by atoms with van der Waals surface area (Å²) in [4.78, 5) is 0. The number of rotatable bonds is 2. The van der Waals surface area contributed by atoms with E-state index in [-0.39, 0.29) is 0 Å². The summed E-state index contributed by atoms with van der Waals surface area (Å²) in [5.74, 6) is 0.462. The van der Waals surface area contributed by atoms with Crippen LogP contribution in [0.4, 0.5) is 5.69 Å². The van der Waals surface area contributed by atoms with E-state index >= 15 is 0 Å². The Balaban J connectivity index is 2.06. The lowest BCUT2D eigenvalue weighted by molar-refractivity contribution is -0.268. The standard InChI is InChI=1S/C12H17NO5/c1-6-9(14)10(15)11(16)12(17-6)18-8-4-2-7(13)3-5-8/h2-6,9-12,14-16H,13H2,1H3/t6-,9-,10+,11+,12-/m0/s1. The van der Waals surface area contributed by atoms with Crippen molar-refractivity contribution in [1.82, 2.24) is 0 Å². The summed E-state index contributed by atoms with van der Waals surface area (Å²) in [5.41, 5.74) is 6.13. The van der Waals surface area contributed by atoms with Gasteiger partial charge in [0.2, 0.25) is 6.29 Å². The van der Waals surface area contributed by atoms with Crippen LogP contribution in [0.3, 0.4) is 0 Å². The maximum absolute atomic E-state index is 9.76. The van der Waals surface area contributed by atoms with Crippen LogP contribution in [-0.4, -0.2) is 46.0 Å². The third-order valence-electron chi connectivity index (χ3n) is 2.94. The molecule has 1 aromatic carbocycles. The molecule has 6 heteroatoms. The number of benzene rings is 1. The molecule has 0 radical (unpaired) electrons. The van der Waals surface area contributed by atoms with Gasteiger partial charge in [-0.05, 0) is 31.2 Å². The summed E-state index contributed by atoms with van der Waals surface area (Å²) in [7, 11) is 0. The molecule has 0 bridgehead atoms. The maximum Gasteiger partial charge on any atom is 0.229 e. The van der Waals surface area contributed by atoms with Crippen LogP contribution < -0.4 is 10.5 Å². The maximum atomic E-state index is 9.76. The molecule has 0 spiro atoms. The molecule has 5 atom stereocenters. The Hall–Kier alpha value is -1.34. The summed E-state index contributed by atoms with van der Waals surface area (Å²) in [6, 6.07) is 6.57. The number of aliphatic hydroxyl groups excluding tert-OH is 3. The molecule has 0 saturated carbocycles. The molecular formula is C12H17NO5. The first-order valence-corrected chi connectivity index (χ1v) is 5.71. The van der Waals surface area contributed by atoms with Gasteiger partial charge in [0.15, 0.2) is 0 Å². The minimum Gasteiger partial charge on any atom is -0.462 e. The van der Waals surface area contributed by atoms with E-state index in [1.807, 2.05) is 0 Å². The summed E-state index contributed by atoms with van der Waals surface area (Å²) >= 11 is 0. The molecule has 18 heavy (non-hydrogen) atoms. The van der Waals surface area contributed by atoms with Crippen LogP contribution in [0.1, 0.15) is 6.92 Å². The zero-order valence-electron chi connectivity index (χ0n) is 9.93. The van der Waals surface area contributed by atoms with Crippen molar-refractivity contribution >= 4 is 5.69 Å². The van der Waals surface area contributed by atoms with Crippen molar-refractivity contribution < 1.29 is 24.8 Å². The van der Waals surface area contributed by atoms with Gasteiger partial charge in [0.25, 0.3) is 0 Å². The molecule has 6 nitrogen and oxygen atoms in total. The molecule has 100 valence electrons. The first kappa shape index (κ1) is 13.1. The number of hydrogen-bond acceptors (Lipinski definition) is 6. The van der Waals surface area contributed by atoms with Crippen molar-refractivity contribution in [3.63, 3.8) is 0 Å². The monoisotopic (exact) mass is 255 g/mol. The van der Waals surface area contributed by atoms with Gasteiger partial charge in [0.05, 0.1) is 6.10 Å². The van der Waals surface area contributed by atoms with Gasteiger partial charge in [-0.1, -0.05) is 0 Å². The van der Waals surface area contributed by atoms with Gasteiger partial charge in [-0.2, -0.15) is 0 Å². The molecule has 0 amide bonds. The Bertz CT molecular complexity index is 396. The van der Waals surface area contributed by atoms with E-state index in [4.69, 9.17) is 15.2 Å². The van der Waals surface area contributed by atoms with E-state index in [1.54, 1.807) is 31.2 Å². The van der Waals surface area contributed by atoms with Crippen LogP contribution in [0.5, 0.6) is 5.75 Å². The fraction of sp³-hybridized carbons (Fsp3) is 0.500. The number of aliphatic hydroxyl groups is 3. The topological polar surface area (TPSA) is 105 Å². The number of anilines is 1. The highest BCUT2D eigenvalue weighted by molar-refractivity contribution is 5.41. The third-order valence-corrected chi connectivity index (χ3v) is 2.94. The lowest BCUT2D eigenvalue weighted by Gasteiger charge is -2.38. The van der Waals surface area contributed by atoms with Crippen LogP contribution >= 0.6 is 0 Å². The van der Waals surface area contributed by atoms with Crippen molar-refractivity contribution in [2.75, 3.05) is 5.73 Å². The van der Waals surface area contributed by atoms with Gasteiger partial charge in [-0.25, -0.2) is 0 Å². The first-order chi connectivity index (χ1) is 8.49. The molecule has 0 aromatic heterocycles. The van der Waals surface area contributed by atoms with Crippen molar-refractivity contribution in [2.24, 2.45) is 0 Å². The van der Waals surface area contributed by atoms with Gasteiger partial charge in [0.1, 0.15) is 24.1 Å². The van der Waals surface area contributed by atoms with Crippen molar-refractivity contribution in [2.45, 2.75) is 37.6 Å². The summed E-state index contributed by atoms with van der Waals surface area (Å²) < 4.78 is 10.7. The molecule has 1 aliphatic heterocycles. The van der Waals surface area contributed by atoms with Crippen LogP contribution in [0.25, 0.3) is 0 Å². The highest BCUT2D eigenvalue weighted by atomic mass is 16.7. The van der Waals surface area contributed by atoms with E-state index in [1.165, 1.54) is 0 Å². The number of nitrogen functional groups attached to an aromatic ring is 1. The van der Waals surface area contributed by atoms with Crippen LogP contribution in [0.15, 0.2) is 24.3 Å². The van der Waals surface area contributed by atoms with Gasteiger partial charge >= 0.3 is 0 Å². The second-order valence-electron chi connectivity index (χ2n) is 4.37. The normalized spacial score (nSPS) is 36.3. The average Bonchev–Trinajstić information content (AvgIpc) is 2.36. The molecule has 2 rings (SSSR count). The first-order valence-electron chi connectivity index (χ1n) is 5.71. The quantitative estimate of drug-likeness (QED) is 0.530. The second kappa shape index (κ2) is 5.11. The largest absolute Gasteiger partial charge is 0.462 e. The number of hydrogen-bond donors (Lipinski definition) is 4. The Morgan fingerprint density at radius 3 is 2.28 bits per heavy atom. The van der Waals surface area contributed by atoms with Crippen molar-refractivity contribution in [3.8, 4) is 5.75 Å².